The molecule has 5 rings (SSSR count). The van der Waals surface area contributed by atoms with Crippen molar-refractivity contribution in [3.8, 4) is 0 Å². The lowest BCUT2D eigenvalue weighted by atomic mass is 10.1. The van der Waals surface area contributed by atoms with E-state index in [1.54, 1.807) is 10.8 Å². The fourth-order valence-corrected chi connectivity index (χ4v) is 4.89. The van der Waals surface area contributed by atoms with Gasteiger partial charge in [0.15, 0.2) is 5.65 Å². The fourth-order valence-electron chi connectivity index (χ4n) is 4.89. The third kappa shape index (κ3) is 4.75. The van der Waals surface area contributed by atoms with E-state index in [0.717, 1.165) is 24.0 Å². The van der Waals surface area contributed by atoms with Crippen molar-refractivity contribution in [2.24, 2.45) is 0 Å². The molecule has 0 bridgehead atoms. The number of hydrogen-bond donors (Lipinski definition) is 1. The van der Waals surface area contributed by atoms with E-state index in [9.17, 15) is 9.59 Å². The predicted molar refractivity (Wildman–Crippen MR) is 134 cm³/mol. The molecule has 176 valence electrons. The molecule has 0 atom stereocenters. The first kappa shape index (κ1) is 22.3. The molecule has 0 saturated carbocycles. The number of pyridine rings is 1. The molecule has 0 spiro atoms. The molecule has 7 nitrogen and oxygen atoms in total. The van der Waals surface area contributed by atoms with Crippen molar-refractivity contribution >= 4 is 22.6 Å². The van der Waals surface area contributed by atoms with Crippen LogP contribution in [0.5, 0.6) is 0 Å². The van der Waals surface area contributed by atoms with E-state index in [1.807, 2.05) is 59.1 Å². The minimum absolute atomic E-state index is 0.0740. The van der Waals surface area contributed by atoms with Crippen LogP contribution >= 0.6 is 0 Å². The van der Waals surface area contributed by atoms with Crippen molar-refractivity contribution in [2.75, 3.05) is 26.2 Å². The number of nitrogens with zero attached hydrogens (tertiary/aromatic N) is 4. The van der Waals surface area contributed by atoms with Gasteiger partial charge in [-0.15, -0.1) is 0 Å². The number of nitrogens with one attached hydrogen (secondary N) is 1. The first-order valence-electron chi connectivity index (χ1n) is 12.2. The van der Waals surface area contributed by atoms with E-state index in [1.165, 1.54) is 38.8 Å². The highest BCUT2D eigenvalue weighted by molar-refractivity contribution is 5.94. The Balaban J connectivity index is 1.28. The summed E-state index contributed by atoms with van der Waals surface area (Å²) < 4.78 is 3.56. The maximum atomic E-state index is 13.2. The van der Waals surface area contributed by atoms with E-state index in [-0.39, 0.29) is 11.5 Å². The van der Waals surface area contributed by atoms with Gasteiger partial charge in [0.25, 0.3) is 11.5 Å². The second-order valence-corrected chi connectivity index (χ2v) is 9.07. The first-order valence-corrected chi connectivity index (χ1v) is 12.2. The molecule has 34 heavy (non-hydrogen) atoms. The molecule has 4 aromatic rings. The molecular formula is C27H31N5O2. The van der Waals surface area contributed by atoms with E-state index < -0.39 is 0 Å². The maximum absolute atomic E-state index is 13.2. The number of fused-ring (bicyclic) bond motifs is 3. The molecule has 1 aliphatic rings. The summed E-state index contributed by atoms with van der Waals surface area (Å²) >= 11 is 0. The quantitative estimate of drug-likeness (QED) is 0.430. The van der Waals surface area contributed by atoms with Crippen molar-refractivity contribution in [2.45, 2.75) is 38.6 Å². The van der Waals surface area contributed by atoms with Gasteiger partial charge in [0.05, 0.1) is 12.1 Å². The Labute approximate surface area is 199 Å². The molecule has 7 heteroatoms. The monoisotopic (exact) mass is 457 g/mol. The summed E-state index contributed by atoms with van der Waals surface area (Å²) in [6, 6.07) is 15.0. The zero-order chi connectivity index (χ0) is 23.3. The Kier molecular flexibility index (Phi) is 6.72. The number of carbonyl (C=O) groups excluding carboxylic acids is 1. The molecule has 0 aliphatic carbocycles. The standard InChI is InChI=1S/C27H31N5O2/c33-26(29-14-8-17-30-15-3-1-2-4-16-30)22-10-5-9-21(19-22)20-32-25-23(11-6-13-28-25)31-18-7-12-24(31)27(32)34/h5-7,9-13,18-19H,1-4,8,14-17,20H2,(H,29,33). The summed E-state index contributed by atoms with van der Waals surface area (Å²) in [5.41, 5.74) is 3.52. The molecule has 0 unspecified atom stereocenters. The zero-order valence-corrected chi connectivity index (χ0v) is 19.4. The van der Waals surface area contributed by atoms with E-state index in [4.69, 9.17) is 0 Å². The lowest BCUT2D eigenvalue weighted by Crippen LogP contribution is -2.30. The first-order chi connectivity index (χ1) is 16.7. The van der Waals surface area contributed by atoms with Gasteiger partial charge in [0, 0.05) is 24.5 Å². The highest BCUT2D eigenvalue weighted by Gasteiger charge is 2.13. The van der Waals surface area contributed by atoms with E-state index >= 15 is 0 Å². The van der Waals surface area contributed by atoms with Crippen molar-refractivity contribution in [3.05, 3.63) is 82.4 Å². The van der Waals surface area contributed by atoms with Gasteiger partial charge in [-0.25, -0.2) is 4.98 Å². The minimum Gasteiger partial charge on any atom is -0.352 e. The third-order valence-electron chi connectivity index (χ3n) is 6.66. The number of benzene rings is 1. The van der Waals surface area contributed by atoms with Gasteiger partial charge in [-0.2, -0.15) is 0 Å². The molecule has 1 aliphatic heterocycles. The van der Waals surface area contributed by atoms with Crippen LogP contribution in [0.1, 0.15) is 48.0 Å². The van der Waals surface area contributed by atoms with Crippen LogP contribution in [-0.2, 0) is 6.54 Å². The smallest absolute Gasteiger partial charge is 0.276 e. The average Bonchev–Trinajstić information content (AvgIpc) is 3.22. The predicted octanol–water partition coefficient (Wildman–Crippen LogP) is 3.69. The average molecular weight is 458 g/mol. The normalized spacial score (nSPS) is 14.9. The van der Waals surface area contributed by atoms with Gasteiger partial charge in [0.2, 0.25) is 0 Å². The SMILES string of the molecule is O=C(NCCCN1CCCCCC1)c1cccc(Cn2c(=O)c3cccn3c3cccnc32)c1. The van der Waals surface area contributed by atoms with Crippen LogP contribution in [0, 0.1) is 0 Å². The van der Waals surface area contributed by atoms with E-state index in [2.05, 4.69) is 15.2 Å². The summed E-state index contributed by atoms with van der Waals surface area (Å²) in [6.07, 6.45) is 9.76. The van der Waals surface area contributed by atoms with Crippen LogP contribution in [0.4, 0.5) is 0 Å². The number of carbonyl (C=O) groups is 1. The molecule has 1 N–H and O–H groups in total. The lowest BCUT2D eigenvalue weighted by molar-refractivity contribution is 0.0951. The highest BCUT2D eigenvalue weighted by atomic mass is 16.1. The lowest BCUT2D eigenvalue weighted by Gasteiger charge is -2.19. The van der Waals surface area contributed by atoms with E-state index in [0.29, 0.717) is 29.8 Å². The zero-order valence-electron chi connectivity index (χ0n) is 19.4. The molecule has 1 saturated heterocycles. The van der Waals surface area contributed by atoms with Crippen LogP contribution in [0.2, 0.25) is 0 Å². The molecule has 3 aromatic heterocycles. The number of hydrogen-bond acceptors (Lipinski definition) is 4. The van der Waals surface area contributed by atoms with Crippen LogP contribution in [0.25, 0.3) is 16.7 Å². The van der Waals surface area contributed by atoms with Crippen molar-refractivity contribution in [3.63, 3.8) is 0 Å². The second-order valence-electron chi connectivity index (χ2n) is 9.07. The number of aromatic nitrogens is 3. The fraction of sp³-hybridized carbons (Fsp3) is 0.370. The summed E-state index contributed by atoms with van der Waals surface area (Å²) in [5.74, 6) is -0.0740. The topological polar surface area (TPSA) is 71.6 Å². The highest BCUT2D eigenvalue weighted by Crippen LogP contribution is 2.15. The van der Waals surface area contributed by atoms with Gasteiger partial charge < -0.3 is 14.6 Å². The third-order valence-corrected chi connectivity index (χ3v) is 6.66. The summed E-state index contributed by atoms with van der Waals surface area (Å²) in [6.45, 7) is 4.40. The summed E-state index contributed by atoms with van der Waals surface area (Å²) in [5, 5.41) is 3.06. The summed E-state index contributed by atoms with van der Waals surface area (Å²) in [4.78, 5) is 32.9. The molecule has 1 amide bonds. The van der Waals surface area contributed by atoms with Gasteiger partial charge in [-0.3, -0.25) is 14.2 Å². The van der Waals surface area contributed by atoms with Crippen molar-refractivity contribution < 1.29 is 4.79 Å². The maximum Gasteiger partial charge on any atom is 0.276 e. The van der Waals surface area contributed by atoms with Crippen LogP contribution in [-0.4, -0.2) is 50.9 Å². The molecule has 1 aromatic carbocycles. The van der Waals surface area contributed by atoms with Gasteiger partial charge in [-0.05, 0) is 80.9 Å². The Bertz CT molecular complexity index is 1350. The van der Waals surface area contributed by atoms with Crippen LogP contribution in [0.15, 0.2) is 65.7 Å². The minimum atomic E-state index is -0.0976. The van der Waals surface area contributed by atoms with Gasteiger partial charge in [-0.1, -0.05) is 25.0 Å². The second kappa shape index (κ2) is 10.2. The van der Waals surface area contributed by atoms with Crippen LogP contribution in [0.3, 0.4) is 0 Å². The Morgan fingerprint density at radius 3 is 2.65 bits per heavy atom. The molecule has 0 radical (unpaired) electrons. The number of rotatable bonds is 7. The van der Waals surface area contributed by atoms with Crippen molar-refractivity contribution in [1.82, 2.24) is 24.2 Å². The van der Waals surface area contributed by atoms with Gasteiger partial charge >= 0.3 is 0 Å². The Hall–Kier alpha value is -3.45. The summed E-state index contributed by atoms with van der Waals surface area (Å²) in [7, 11) is 0. The van der Waals surface area contributed by atoms with Crippen LogP contribution < -0.4 is 10.9 Å². The number of amides is 1. The van der Waals surface area contributed by atoms with Crippen molar-refractivity contribution in [1.29, 1.82) is 0 Å². The van der Waals surface area contributed by atoms with Gasteiger partial charge in [0.1, 0.15) is 5.52 Å². The Morgan fingerprint density at radius 1 is 0.971 bits per heavy atom. The molecule has 1 fully saturated rings. The molecular weight excluding hydrogens is 426 g/mol. The number of likely N-dealkylation sites (tertiary alicyclic amines) is 1. The largest absolute Gasteiger partial charge is 0.352 e. The molecule has 4 heterocycles. The Morgan fingerprint density at radius 2 is 1.79 bits per heavy atom.